The van der Waals surface area contributed by atoms with Gasteiger partial charge in [-0.25, -0.2) is 11.8 Å². The lowest BCUT2D eigenvalue weighted by Gasteiger charge is -2.05. The van der Waals surface area contributed by atoms with Crippen molar-refractivity contribution < 1.29 is 19.1 Å². The van der Waals surface area contributed by atoms with E-state index in [0.717, 1.165) is 25.9 Å². The molecule has 0 heterocycles. The molecule has 0 aromatic rings. The highest BCUT2D eigenvalue weighted by Gasteiger charge is 1.91. The fourth-order valence-corrected chi connectivity index (χ4v) is 0.995. The van der Waals surface area contributed by atoms with Gasteiger partial charge in [-0.15, -0.1) is 0 Å². The van der Waals surface area contributed by atoms with E-state index < -0.39 is 0 Å². The first kappa shape index (κ1) is 14.8. The molecular weight excluding hydrogens is 200 g/mol. The topological polar surface area (TPSA) is 89.0 Å². The molecule has 0 aromatic heterocycles. The summed E-state index contributed by atoms with van der Waals surface area (Å²) in [5.41, 5.74) is 0. The molecule has 6 heteroatoms. The Hall–Kier alpha value is -0.240. The Morgan fingerprint density at radius 2 is 1.07 bits per heavy atom. The molecule has 0 amide bonds. The van der Waals surface area contributed by atoms with E-state index in [4.69, 9.17) is 21.3 Å². The van der Waals surface area contributed by atoms with Crippen molar-refractivity contribution >= 4 is 0 Å². The van der Waals surface area contributed by atoms with Crippen LogP contribution in [0.15, 0.2) is 0 Å². The minimum atomic E-state index is 0.416. The van der Waals surface area contributed by atoms with Crippen molar-refractivity contribution in [2.45, 2.75) is 19.3 Å². The van der Waals surface area contributed by atoms with Crippen molar-refractivity contribution in [1.29, 1.82) is 0 Å². The average molecular weight is 222 g/mol. The summed E-state index contributed by atoms with van der Waals surface area (Å²) in [7, 11) is 0. The molecule has 0 bridgehead atoms. The minimum absolute atomic E-state index is 0.416. The van der Waals surface area contributed by atoms with E-state index >= 15 is 0 Å². The van der Waals surface area contributed by atoms with Gasteiger partial charge in [-0.05, 0) is 19.3 Å². The number of hydrogen-bond donors (Lipinski definition) is 2. The van der Waals surface area contributed by atoms with E-state index in [1.54, 1.807) is 0 Å². The van der Waals surface area contributed by atoms with Gasteiger partial charge in [-0.2, -0.15) is 0 Å². The van der Waals surface area contributed by atoms with Crippen LogP contribution in [0.25, 0.3) is 0 Å². The van der Waals surface area contributed by atoms with Crippen LogP contribution in [-0.4, -0.2) is 39.6 Å². The van der Waals surface area contributed by atoms with Gasteiger partial charge in [0.25, 0.3) is 0 Å². The van der Waals surface area contributed by atoms with Crippen molar-refractivity contribution in [2.24, 2.45) is 11.8 Å². The van der Waals surface area contributed by atoms with E-state index in [0.29, 0.717) is 33.0 Å². The largest absolute Gasteiger partial charge is 0.379 e. The molecule has 0 aliphatic rings. The Bertz CT molecular complexity index is 104. The van der Waals surface area contributed by atoms with Crippen molar-refractivity contribution in [3.8, 4) is 0 Å². The van der Waals surface area contributed by atoms with E-state index in [1.807, 2.05) is 0 Å². The molecule has 0 radical (unpaired) electrons. The van der Waals surface area contributed by atoms with E-state index in [1.165, 1.54) is 0 Å². The van der Waals surface area contributed by atoms with E-state index in [-0.39, 0.29) is 0 Å². The van der Waals surface area contributed by atoms with E-state index in [2.05, 4.69) is 9.68 Å². The zero-order chi connectivity index (χ0) is 11.2. The molecule has 92 valence electrons. The first-order valence-corrected chi connectivity index (χ1v) is 5.20. The smallest absolute Gasteiger partial charge is 0.0913 e. The quantitative estimate of drug-likeness (QED) is 0.356. The molecule has 0 atom stereocenters. The summed E-state index contributed by atoms with van der Waals surface area (Å²) >= 11 is 0. The zero-order valence-corrected chi connectivity index (χ0v) is 9.15. The lowest BCUT2D eigenvalue weighted by Crippen LogP contribution is -2.11. The summed E-state index contributed by atoms with van der Waals surface area (Å²) in [6.45, 7) is 3.48. The average Bonchev–Trinajstić information content (AvgIpc) is 2.26. The molecule has 6 nitrogen and oxygen atoms in total. The third kappa shape index (κ3) is 13.8. The molecule has 0 aliphatic heterocycles. The second kappa shape index (κ2) is 13.8. The molecule has 0 aromatic carbocycles. The Balaban J connectivity index is 2.81. The number of rotatable bonds is 12. The van der Waals surface area contributed by atoms with Crippen LogP contribution in [0.4, 0.5) is 0 Å². The van der Waals surface area contributed by atoms with Crippen LogP contribution in [0, 0.1) is 0 Å². The van der Waals surface area contributed by atoms with Gasteiger partial charge in [0, 0.05) is 6.61 Å². The van der Waals surface area contributed by atoms with Gasteiger partial charge in [0.2, 0.25) is 0 Å². The van der Waals surface area contributed by atoms with Crippen molar-refractivity contribution in [1.82, 2.24) is 0 Å². The van der Waals surface area contributed by atoms with E-state index in [9.17, 15) is 0 Å². The molecule has 0 fully saturated rings. The van der Waals surface area contributed by atoms with Crippen LogP contribution in [0.2, 0.25) is 0 Å². The Kier molecular flexibility index (Phi) is 13.5. The fraction of sp³-hybridized carbons (Fsp3) is 1.00. The fourth-order valence-electron chi connectivity index (χ4n) is 0.995. The predicted octanol–water partition coefficient (Wildman–Crippen LogP) is -0.0295. The molecule has 0 saturated carbocycles. The highest BCUT2D eigenvalue weighted by atomic mass is 16.6. The van der Waals surface area contributed by atoms with Crippen LogP contribution in [0.5, 0.6) is 0 Å². The molecule has 0 spiro atoms. The number of nitrogens with two attached hydrogens (primary N) is 2. The molecule has 15 heavy (non-hydrogen) atoms. The first-order chi connectivity index (χ1) is 7.41. The summed E-state index contributed by atoms with van der Waals surface area (Å²) in [5.74, 6) is 9.70. The van der Waals surface area contributed by atoms with Gasteiger partial charge in [0.05, 0.1) is 33.0 Å². The molecular formula is C9H22N2O4. The standard InChI is InChI=1S/C9H22N2O4/c10-14-5-3-1-2-4-12-6-7-13-8-9-15-11/h1-11H2. The van der Waals surface area contributed by atoms with Gasteiger partial charge < -0.3 is 19.1 Å². The summed E-state index contributed by atoms with van der Waals surface area (Å²) in [6.07, 6.45) is 3.07. The van der Waals surface area contributed by atoms with Crippen LogP contribution in [0.1, 0.15) is 19.3 Å². The van der Waals surface area contributed by atoms with Crippen LogP contribution >= 0.6 is 0 Å². The van der Waals surface area contributed by atoms with Crippen LogP contribution in [-0.2, 0) is 19.1 Å². The highest BCUT2D eigenvalue weighted by molar-refractivity contribution is 4.40. The maximum atomic E-state index is 5.32. The van der Waals surface area contributed by atoms with Crippen molar-refractivity contribution in [3.05, 3.63) is 0 Å². The van der Waals surface area contributed by atoms with Gasteiger partial charge in [-0.1, -0.05) is 0 Å². The third-order valence-electron chi connectivity index (χ3n) is 1.77. The van der Waals surface area contributed by atoms with Gasteiger partial charge >= 0.3 is 0 Å². The number of ether oxygens (including phenoxy) is 2. The second-order valence-corrected chi connectivity index (χ2v) is 3.03. The monoisotopic (exact) mass is 222 g/mol. The Labute approximate surface area is 90.7 Å². The van der Waals surface area contributed by atoms with Gasteiger partial charge in [-0.3, -0.25) is 0 Å². The Morgan fingerprint density at radius 3 is 1.73 bits per heavy atom. The molecule has 0 aliphatic carbocycles. The normalized spacial score (nSPS) is 10.8. The molecule has 0 unspecified atom stereocenters. The van der Waals surface area contributed by atoms with Gasteiger partial charge in [0.15, 0.2) is 0 Å². The Morgan fingerprint density at radius 1 is 0.533 bits per heavy atom. The zero-order valence-electron chi connectivity index (χ0n) is 9.15. The maximum absolute atomic E-state index is 5.32. The lowest BCUT2D eigenvalue weighted by atomic mass is 10.2. The lowest BCUT2D eigenvalue weighted by molar-refractivity contribution is 0.0133. The first-order valence-electron chi connectivity index (χ1n) is 5.20. The number of unbranched alkanes of at least 4 members (excludes halogenated alkanes) is 2. The van der Waals surface area contributed by atoms with Crippen molar-refractivity contribution in [2.75, 3.05) is 39.6 Å². The SMILES string of the molecule is NOCCCCCOCCOCCON. The summed E-state index contributed by atoms with van der Waals surface area (Å²) in [5, 5.41) is 0. The predicted molar refractivity (Wildman–Crippen MR) is 55.8 cm³/mol. The highest BCUT2D eigenvalue weighted by Crippen LogP contribution is 1.95. The van der Waals surface area contributed by atoms with Crippen LogP contribution in [0.3, 0.4) is 0 Å². The number of hydrogen-bond acceptors (Lipinski definition) is 6. The van der Waals surface area contributed by atoms with Gasteiger partial charge in [0.1, 0.15) is 0 Å². The minimum Gasteiger partial charge on any atom is -0.379 e. The second-order valence-electron chi connectivity index (χ2n) is 3.03. The molecule has 0 saturated heterocycles. The maximum Gasteiger partial charge on any atom is 0.0913 e. The van der Waals surface area contributed by atoms with Crippen molar-refractivity contribution in [3.63, 3.8) is 0 Å². The molecule has 0 rings (SSSR count). The summed E-state index contributed by atoms with van der Waals surface area (Å²) < 4.78 is 10.5. The summed E-state index contributed by atoms with van der Waals surface area (Å²) in [4.78, 5) is 8.78. The molecule has 4 N–H and O–H groups in total. The van der Waals surface area contributed by atoms with Crippen LogP contribution < -0.4 is 11.8 Å². The third-order valence-corrected chi connectivity index (χ3v) is 1.77. The summed E-state index contributed by atoms with van der Waals surface area (Å²) in [6, 6.07) is 0.